The van der Waals surface area contributed by atoms with Gasteiger partial charge in [0.25, 0.3) is 5.91 Å². The molecule has 96 valence electrons. The van der Waals surface area contributed by atoms with Crippen LogP contribution < -0.4 is 5.32 Å². The van der Waals surface area contributed by atoms with Crippen LogP contribution in [0.2, 0.25) is 0 Å². The number of carbonyl (C=O) groups excluding carboxylic acids is 1. The molecular formula is C12H8BrFN4O. The van der Waals surface area contributed by atoms with Crippen LogP contribution in [-0.2, 0) is 7.05 Å². The first kappa shape index (κ1) is 13.2. The number of rotatable bonds is 2. The molecule has 5 nitrogen and oxygen atoms in total. The van der Waals surface area contributed by atoms with Crippen molar-refractivity contribution < 1.29 is 9.18 Å². The maximum atomic E-state index is 13.6. The van der Waals surface area contributed by atoms with E-state index in [1.807, 2.05) is 6.07 Å². The highest BCUT2D eigenvalue weighted by Crippen LogP contribution is 2.18. The fourth-order valence-corrected chi connectivity index (χ4v) is 1.85. The summed E-state index contributed by atoms with van der Waals surface area (Å²) in [5.74, 6) is -1.05. The molecule has 0 saturated carbocycles. The summed E-state index contributed by atoms with van der Waals surface area (Å²) in [5.41, 5.74) is 0.113. The summed E-state index contributed by atoms with van der Waals surface area (Å²) < 4.78 is 15.5. The lowest BCUT2D eigenvalue weighted by atomic mass is 10.2. The van der Waals surface area contributed by atoms with Crippen LogP contribution in [0.4, 0.5) is 10.2 Å². The SMILES string of the molecule is Cn1ncc(C#N)c1NC(=O)c1ccc(Br)cc1F. The number of amides is 1. The Morgan fingerprint density at radius 1 is 1.58 bits per heavy atom. The number of anilines is 1. The Balaban J connectivity index is 2.31. The van der Waals surface area contributed by atoms with Gasteiger partial charge in [0.2, 0.25) is 0 Å². The number of aromatic nitrogens is 2. The molecule has 0 fully saturated rings. The minimum atomic E-state index is -0.646. The highest BCUT2D eigenvalue weighted by atomic mass is 79.9. The molecule has 1 aromatic heterocycles. The first-order chi connectivity index (χ1) is 9.02. The van der Waals surface area contributed by atoms with Crippen molar-refractivity contribution in [3.05, 3.63) is 45.8 Å². The topological polar surface area (TPSA) is 70.7 Å². The monoisotopic (exact) mass is 322 g/mol. The lowest BCUT2D eigenvalue weighted by molar-refractivity contribution is 0.102. The number of aryl methyl sites for hydroxylation is 1. The van der Waals surface area contributed by atoms with Crippen molar-refractivity contribution >= 4 is 27.7 Å². The second kappa shape index (κ2) is 5.20. The average Bonchev–Trinajstić information content (AvgIpc) is 2.70. The summed E-state index contributed by atoms with van der Waals surface area (Å²) in [6.45, 7) is 0. The molecule has 1 aromatic carbocycles. The van der Waals surface area contributed by atoms with E-state index >= 15 is 0 Å². The predicted molar refractivity (Wildman–Crippen MR) is 70.0 cm³/mol. The Hall–Kier alpha value is -2.20. The van der Waals surface area contributed by atoms with E-state index in [0.29, 0.717) is 4.47 Å². The number of halogens is 2. The third-order valence-corrected chi connectivity index (χ3v) is 2.96. The standard InChI is InChI=1S/C12H8BrFN4O/c1-18-11(7(5-15)6-16-18)17-12(19)9-3-2-8(13)4-10(9)14/h2-4,6H,1H3,(H,17,19). The molecule has 0 atom stereocenters. The number of carbonyl (C=O) groups is 1. The molecule has 0 spiro atoms. The Kier molecular flexibility index (Phi) is 3.62. The van der Waals surface area contributed by atoms with Crippen molar-refractivity contribution in [2.75, 3.05) is 5.32 Å². The molecule has 1 heterocycles. The summed E-state index contributed by atoms with van der Waals surface area (Å²) in [6, 6.07) is 6.02. The van der Waals surface area contributed by atoms with E-state index in [1.54, 1.807) is 13.1 Å². The molecule has 0 bridgehead atoms. The van der Waals surface area contributed by atoms with Crippen molar-refractivity contribution in [3.63, 3.8) is 0 Å². The van der Waals surface area contributed by atoms with Gasteiger partial charge in [-0.3, -0.25) is 9.48 Å². The Bertz CT molecular complexity index is 690. The van der Waals surface area contributed by atoms with Gasteiger partial charge < -0.3 is 5.32 Å². The normalized spacial score (nSPS) is 10.0. The Labute approximate surface area is 116 Å². The molecule has 2 aromatic rings. The van der Waals surface area contributed by atoms with Gasteiger partial charge in [0.1, 0.15) is 23.3 Å². The minimum Gasteiger partial charge on any atom is -0.306 e. The summed E-state index contributed by atoms with van der Waals surface area (Å²) in [5, 5.41) is 15.2. The average molecular weight is 323 g/mol. The molecule has 1 N–H and O–H groups in total. The second-order valence-corrected chi connectivity index (χ2v) is 4.64. The molecule has 19 heavy (non-hydrogen) atoms. The predicted octanol–water partition coefficient (Wildman–Crippen LogP) is 2.45. The maximum absolute atomic E-state index is 13.6. The highest BCUT2D eigenvalue weighted by Gasteiger charge is 2.16. The summed E-state index contributed by atoms with van der Waals surface area (Å²) >= 11 is 3.11. The summed E-state index contributed by atoms with van der Waals surface area (Å²) in [6.07, 6.45) is 1.33. The fraction of sp³-hybridized carbons (Fsp3) is 0.0833. The third kappa shape index (κ3) is 2.63. The van der Waals surface area contributed by atoms with Crippen LogP contribution in [0, 0.1) is 17.1 Å². The van der Waals surface area contributed by atoms with Crippen LogP contribution in [0.1, 0.15) is 15.9 Å². The summed E-state index contributed by atoms with van der Waals surface area (Å²) in [7, 11) is 1.58. The van der Waals surface area contributed by atoms with E-state index < -0.39 is 11.7 Å². The molecule has 0 aliphatic heterocycles. The van der Waals surface area contributed by atoms with Crippen LogP contribution in [0.15, 0.2) is 28.9 Å². The van der Waals surface area contributed by atoms with Crippen LogP contribution in [0.3, 0.4) is 0 Å². The van der Waals surface area contributed by atoms with E-state index in [2.05, 4.69) is 26.3 Å². The smallest absolute Gasteiger partial charge is 0.259 e. The van der Waals surface area contributed by atoms with Crippen LogP contribution in [-0.4, -0.2) is 15.7 Å². The second-order valence-electron chi connectivity index (χ2n) is 3.72. The van der Waals surface area contributed by atoms with Crippen LogP contribution >= 0.6 is 15.9 Å². The van der Waals surface area contributed by atoms with Crippen molar-refractivity contribution in [2.24, 2.45) is 7.05 Å². The van der Waals surface area contributed by atoms with Gasteiger partial charge in [0, 0.05) is 11.5 Å². The van der Waals surface area contributed by atoms with Crippen LogP contribution in [0.5, 0.6) is 0 Å². The van der Waals surface area contributed by atoms with Crippen molar-refractivity contribution in [2.45, 2.75) is 0 Å². The number of hydrogen-bond acceptors (Lipinski definition) is 3. The zero-order valence-electron chi connectivity index (χ0n) is 9.82. The molecule has 0 radical (unpaired) electrons. The first-order valence-electron chi connectivity index (χ1n) is 5.21. The molecule has 0 saturated heterocycles. The fourth-order valence-electron chi connectivity index (χ4n) is 1.52. The van der Waals surface area contributed by atoms with Gasteiger partial charge in [-0.1, -0.05) is 15.9 Å². The molecular weight excluding hydrogens is 315 g/mol. The molecule has 0 unspecified atom stereocenters. The maximum Gasteiger partial charge on any atom is 0.259 e. The highest BCUT2D eigenvalue weighted by molar-refractivity contribution is 9.10. The number of nitriles is 1. The lowest BCUT2D eigenvalue weighted by Gasteiger charge is -2.07. The zero-order valence-corrected chi connectivity index (χ0v) is 11.4. The van der Waals surface area contributed by atoms with Gasteiger partial charge >= 0.3 is 0 Å². The molecule has 0 aliphatic carbocycles. The van der Waals surface area contributed by atoms with Gasteiger partial charge in [-0.05, 0) is 18.2 Å². The Morgan fingerprint density at radius 2 is 2.32 bits per heavy atom. The zero-order chi connectivity index (χ0) is 14.0. The van der Waals surface area contributed by atoms with Crippen molar-refractivity contribution in [3.8, 4) is 6.07 Å². The number of nitrogens with one attached hydrogen (secondary N) is 1. The van der Waals surface area contributed by atoms with Crippen LogP contribution in [0.25, 0.3) is 0 Å². The van der Waals surface area contributed by atoms with E-state index in [0.717, 1.165) is 0 Å². The molecule has 2 rings (SSSR count). The molecule has 7 heteroatoms. The molecule has 1 amide bonds. The van der Waals surface area contributed by atoms with Gasteiger partial charge in [-0.25, -0.2) is 4.39 Å². The van der Waals surface area contributed by atoms with Gasteiger partial charge in [-0.15, -0.1) is 0 Å². The summed E-state index contributed by atoms with van der Waals surface area (Å²) in [4.78, 5) is 11.9. The van der Waals surface area contributed by atoms with Gasteiger partial charge in [0.05, 0.1) is 11.8 Å². The van der Waals surface area contributed by atoms with E-state index in [1.165, 1.54) is 23.0 Å². The van der Waals surface area contributed by atoms with Crippen molar-refractivity contribution in [1.29, 1.82) is 5.26 Å². The van der Waals surface area contributed by atoms with Gasteiger partial charge in [0.15, 0.2) is 0 Å². The van der Waals surface area contributed by atoms with Gasteiger partial charge in [-0.2, -0.15) is 10.4 Å². The number of nitrogens with zero attached hydrogens (tertiary/aromatic N) is 3. The third-order valence-electron chi connectivity index (χ3n) is 2.47. The van der Waals surface area contributed by atoms with E-state index in [4.69, 9.17) is 5.26 Å². The van der Waals surface area contributed by atoms with E-state index in [-0.39, 0.29) is 16.9 Å². The van der Waals surface area contributed by atoms with Crippen molar-refractivity contribution in [1.82, 2.24) is 9.78 Å². The number of hydrogen-bond donors (Lipinski definition) is 1. The quantitative estimate of drug-likeness (QED) is 0.923. The first-order valence-corrected chi connectivity index (χ1v) is 6.00. The minimum absolute atomic E-state index is 0.103. The number of benzene rings is 1. The molecule has 0 aliphatic rings. The largest absolute Gasteiger partial charge is 0.306 e. The van der Waals surface area contributed by atoms with E-state index in [9.17, 15) is 9.18 Å². The lowest BCUT2D eigenvalue weighted by Crippen LogP contribution is -2.16. The Morgan fingerprint density at radius 3 is 2.95 bits per heavy atom.